The minimum absolute atomic E-state index is 0.141. The van der Waals surface area contributed by atoms with Gasteiger partial charge in [-0.15, -0.1) is 0 Å². The molecule has 1 aromatic heterocycles. The number of benzene rings is 1. The van der Waals surface area contributed by atoms with Crippen molar-refractivity contribution in [3.8, 4) is 17.7 Å². The Morgan fingerprint density at radius 1 is 1.40 bits per heavy atom. The van der Waals surface area contributed by atoms with E-state index in [0.29, 0.717) is 30.9 Å². The third-order valence-electron chi connectivity index (χ3n) is 3.80. The highest BCUT2D eigenvalue weighted by molar-refractivity contribution is 5.89. The molecular formula is C17H17N5O3. The third kappa shape index (κ3) is 3.95. The van der Waals surface area contributed by atoms with E-state index in [-0.39, 0.29) is 23.7 Å². The van der Waals surface area contributed by atoms with Gasteiger partial charge in [-0.3, -0.25) is 0 Å². The van der Waals surface area contributed by atoms with E-state index in [1.54, 1.807) is 24.1 Å². The van der Waals surface area contributed by atoms with Gasteiger partial charge in [0.15, 0.2) is 0 Å². The predicted octanol–water partition coefficient (Wildman–Crippen LogP) is 2.04. The van der Waals surface area contributed by atoms with Gasteiger partial charge in [-0.05, 0) is 12.1 Å². The zero-order valence-electron chi connectivity index (χ0n) is 13.7. The van der Waals surface area contributed by atoms with Crippen molar-refractivity contribution in [2.75, 3.05) is 25.5 Å². The van der Waals surface area contributed by atoms with E-state index in [2.05, 4.69) is 15.3 Å². The summed E-state index contributed by atoms with van der Waals surface area (Å²) in [6.45, 7) is 0.972. The number of nitrogens with one attached hydrogen (secondary N) is 1. The molecule has 8 heteroatoms. The second-order valence-electron chi connectivity index (χ2n) is 5.46. The maximum Gasteiger partial charge on any atom is 0.321 e. The lowest BCUT2D eigenvalue weighted by atomic mass is 10.3. The number of urea groups is 1. The number of hydrogen-bond acceptors (Lipinski definition) is 6. The second kappa shape index (κ2) is 7.49. The van der Waals surface area contributed by atoms with Crippen LogP contribution in [0.5, 0.6) is 11.6 Å². The van der Waals surface area contributed by atoms with Crippen LogP contribution in [-0.4, -0.2) is 47.2 Å². The summed E-state index contributed by atoms with van der Waals surface area (Å²) in [5.41, 5.74) is 0.802. The van der Waals surface area contributed by atoms with E-state index in [9.17, 15) is 4.79 Å². The molecule has 0 bridgehead atoms. The summed E-state index contributed by atoms with van der Waals surface area (Å²) in [5, 5.41) is 11.9. The topological polar surface area (TPSA) is 100 Å². The molecule has 0 aliphatic carbocycles. The van der Waals surface area contributed by atoms with Crippen molar-refractivity contribution >= 4 is 11.7 Å². The fraction of sp³-hybridized carbons (Fsp3) is 0.294. The molecule has 1 saturated heterocycles. The molecule has 2 heterocycles. The van der Waals surface area contributed by atoms with Crippen molar-refractivity contribution in [1.29, 1.82) is 5.26 Å². The van der Waals surface area contributed by atoms with Crippen molar-refractivity contribution in [2.45, 2.75) is 12.5 Å². The first-order valence-electron chi connectivity index (χ1n) is 7.77. The number of amides is 2. The van der Waals surface area contributed by atoms with Gasteiger partial charge in [0.2, 0.25) is 5.69 Å². The van der Waals surface area contributed by atoms with Crippen LogP contribution in [0.15, 0.2) is 36.7 Å². The summed E-state index contributed by atoms with van der Waals surface area (Å²) in [4.78, 5) is 22.0. The van der Waals surface area contributed by atoms with Gasteiger partial charge in [0, 0.05) is 37.1 Å². The Balaban J connectivity index is 1.58. The molecular weight excluding hydrogens is 322 g/mol. The van der Waals surface area contributed by atoms with E-state index in [1.165, 1.54) is 12.4 Å². The number of carbonyl (C=O) groups is 1. The zero-order valence-corrected chi connectivity index (χ0v) is 13.7. The number of methoxy groups -OCH3 is 1. The van der Waals surface area contributed by atoms with E-state index in [1.807, 2.05) is 18.2 Å². The number of carbonyl (C=O) groups excluding carboxylic acids is 1. The number of hydrogen-bond donors (Lipinski definition) is 1. The highest BCUT2D eigenvalue weighted by Crippen LogP contribution is 2.21. The molecule has 25 heavy (non-hydrogen) atoms. The Morgan fingerprint density at radius 3 is 3.04 bits per heavy atom. The molecule has 1 atom stereocenters. The molecule has 0 spiro atoms. The van der Waals surface area contributed by atoms with Crippen LogP contribution in [-0.2, 0) is 0 Å². The molecule has 0 radical (unpaired) electrons. The molecule has 8 nitrogen and oxygen atoms in total. The Hall–Kier alpha value is -3.34. The number of ether oxygens (including phenoxy) is 2. The van der Waals surface area contributed by atoms with Gasteiger partial charge in [-0.1, -0.05) is 6.07 Å². The summed E-state index contributed by atoms with van der Waals surface area (Å²) in [7, 11) is 1.57. The number of nitrogens with zero attached hydrogens (tertiary/aromatic N) is 4. The lowest BCUT2D eigenvalue weighted by Crippen LogP contribution is -2.34. The minimum atomic E-state index is -0.222. The van der Waals surface area contributed by atoms with E-state index < -0.39 is 0 Å². The smallest absolute Gasteiger partial charge is 0.321 e. The Kier molecular flexibility index (Phi) is 4.95. The number of aromatic nitrogens is 2. The number of likely N-dealkylation sites (tertiary alicyclic amines) is 1. The highest BCUT2D eigenvalue weighted by Gasteiger charge is 2.28. The summed E-state index contributed by atoms with van der Waals surface area (Å²) in [6.07, 6.45) is 3.35. The molecule has 1 unspecified atom stereocenters. The van der Waals surface area contributed by atoms with Gasteiger partial charge in [-0.25, -0.2) is 14.8 Å². The Labute approximate surface area is 145 Å². The lowest BCUT2D eigenvalue weighted by Gasteiger charge is -2.18. The van der Waals surface area contributed by atoms with E-state index in [4.69, 9.17) is 14.7 Å². The van der Waals surface area contributed by atoms with Gasteiger partial charge >= 0.3 is 6.03 Å². The molecule has 1 fully saturated rings. The monoisotopic (exact) mass is 339 g/mol. The second-order valence-corrected chi connectivity index (χ2v) is 5.46. The molecule has 1 aliphatic rings. The van der Waals surface area contributed by atoms with Crippen molar-refractivity contribution in [3.05, 3.63) is 42.4 Å². The quantitative estimate of drug-likeness (QED) is 0.915. The summed E-state index contributed by atoms with van der Waals surface area (Å²) in [6, 6.07) is 8.90. The predicted molar refractivity (Wildman–Crippen MR) is 89.4 cm³/mol. The zero-order chi connectivity index (χ0) is 17.6. The summed E-state index contributed by atoms with van der Waals surface area (Å²) < 4.78 is 10.9. The number of rotatable bonds is 4. The number of anilines is 1. The van der Waals surface area contributed by atoms with Crippen molar-refractivity contribution in [3.63, 3.8) is 0 Å². The molecule has 2 amide bonds. The fourth-order valence-electron chi connectivity index (χ4n) is 2.56. The van der Waals surface area contributed by atoms with E-state index >= 15 is 0 Å². The van der Waals surface area contributed by atoms with Crippen molar-refractivity contribution in [1.82, 2.24) is 14.9 Å². The van der Waals surface area contributed by atoms with Crippen LogP contribution in [0.2, 0.25) is 0 Å². The van der Waals surface area contributed by atoms with Crippen LogP contribution >= 0.6 is 0 Å². The Morgan fingerprint density at radius 2 is 2.24 bits per heavy atom. The minimum Gasteiger partial charge on any atom is -0.497 e. The fourth-order valence-corrected chi connectivity index (χ4v) is 2.56. The lowest BCUT2D eigenvalue weighted by molar-refractivity contribution is 0.189. The van der Waals surface area contributed by atoms with Crippen molar-refractivity contribution < 1.29 is 14.3 Å². The number of nitriles is 1. The van der Waals surface area contributed by atoms with Gasteiger partial charge < -0.3 is 19.7 Å². The van der Waals surface area contributed by atoms with Crippen LogP contribution < -0.4 is 14.8 Å². The van der Waals surface area contributed by atoms with Gasteiger partial charge in [0.05, 0.1) is 13.7 Å². The normalized spacial score (nSPS) is 16.2. The highest BCUT2D eigenvalue weighted by atomic mass is 16.5. The molecule has 2 aromatic rings. The molecule has 1 aromatic carbocycles. The van der Waals surface area contributed by atoms with Crippen LogP contribution in [0.25, 0.3) is 0 Å². The largest absolute Gasteiger partial charge is 0.497 e. The van der Waals surface area contributed by atoms with Gasteiger partial charge in [-0.2, -0.15) is 5.26 Å². The van der Waals surface area contributed by atoms with Crippen LogP contribution in [0.1, 0.15) is 12.1 Å². The average molecular weight is 339 g/mol. The maximum absolute atomic E-state index is 12.4. The first-order chi connectivity index (χ1) is 12.2. The molecule has 1 N–H and O–H groups in total. The van der Waals surface area contributed by atoms with E-state index in [0.717, 1.165) is 0 Å². The molecule has 128 valence electrons. The average Bonchev–Trinajstić information content (AvgIpc) is 3.11. The van der Waals surface area contributed by atoms with Gasteiger partial charge in [0.25, 0.3) is 5.88 Å². The maximum atomic E-state index is 12.4. The van der Waals surface area contributed by atoms with Crippen molar-refractivity contribution in [2.24, 2.45) is 0 Å². The first kappa shape index (κ1) is 16.5. The Bertz CT molecular complexity index is 805. The summed E-state index contributed by atoms with van der Waals surface area (Å²) in [5.74, 6) is 0.872. The first-order valence-corrected chi connectivity index (χ1v) is 7.77. The standard InChI is InChI=1S/C17H17N5O3/c1-24-13-4-2-3-12(9-13)21-17(23)22-8-5-14(11-22)25-16-15(10-18)19-6-7-20-16/h2-4,6-7,9,14H,5,8,11H2,1H3,(H,21,23). The molecule has 0 saturated carbocycles. The third-order valence-corrected chi connectivity index (χ3v) is 3.80. The SMILES string of the molecule is COc1cccc(NC(=O)N2CCC(Oc3nccnc3C#N)C2)c1. The van der Waals surface area contributed by atoms with Crippen LogP contribution in [0, 0.1) is 11.3 Å². The molecule has 3 rings (SSSR count). The van der Waals surface area contributed by atoms with Crippen LogP contribution in [0.3, 0.4) is 0 Å². The summed E-state index contributed by atoms with van der Waals surface area (Å²) >= 11 is 0. The molecule has 1 aliphatic heterocycles. The van der Waals surface area contributed by atoms with Gasteiger partial charge in [0.1, 0.15) is 17.9 Å². The van der Waals surface area contributed by atoms with Crippen LogP contribution in [0.4, 0.5) is 10.5 Å².